The second kappa shape index (κ2) is 7.17. The molecule has 0 spiro atoms. The van der Waals surface area contributed by atoms with E-state index in [-0.39, 0.29) is 5.56 Å². The van der Waals surface area contributed by atoms with Gasteiger partial charge in [-0.05, 0) is 58.4 Å². The topological polar surface area (TPSA) is 52.6 Å². The number of carbonyl (C=O) groups is 2. The monoisotopic (exact) mass is 366 g/mol. The van der Waals surface area contributed by atoms with Gasteiger partial charge in [0, 0.05) is 5.56 Å². The Hall–Kier alpha value is -2.21. The largest absolute Gasteiger partial charge is 0.496 e. The van der Waals surface area contributed by atoms with Gasteiger partial charge in [0.05, 0.1) is 17.1 Å². The molecule has 114 valence electrons. The van der Waals surface area contributed by atoms with Crippen LogP contribution in [0, 0.1) is 5.82 Å². The molecular weight excluding hydrogens is 355 g/mol. The lowest BCUT2D eigenvalue weighted by Crippen LogP contribution is -2.14. The number of hydrogen-bond donors (Lipinski definition) is 0. The number of ketones is 1. The van der Waals surface area contributed by atoms with E-state index in [9.17, 15) is 14.0 Å². The summed E-state index contributed by atoms with van der Waals surface area (Å²) in [6, 6.07) is 9.73. The number of halogens is 2. The molecule has 4 nitrogen and oxygen atoms in total. The molecule has 0 unspecified atom stereocenters. The molecule has 2 aromatic rings. The second-order valence-corrected chi connectivity index (χ2v) is 5.21. The average Bonchev–Trinajstić information content (AvgIpc) is 2.52. The minimum atomic E-state index is -0.626. The van der Waals surface area contributed by atoms with Crippen LogP contribution in [0.1, 0.15) is 20.7 Å². The van der Waals surface area contributed by atoms with Crippen molar-refractivity contribution >= 4 is 27.7 Å². The van der Waals surface area contributed by atoms with Crippen molar-refractivity contribution in [2.24, 2.45) is 0 Å². The van der Waals surface area contributed by atoms with E-state index >= 15 is 0 Å². The van der Waals surface area contributed by atoms with E-state index in [0.29, 0.717) is 15.8 Å². The maximum atomic E-state index is 12.8. The highest BCUT2D eigenvalue weighted by atomic mass is 79.9. The van der Waals surface area contributed by atoms with E-state index in [2.05, 4.69) is 15.9 Å². The van der Waals surface area contributed by atoms with Crippen molar-refractivity contribution in [3.63, 3.8) is 0 Å². The van der Waals surface area contributed by atoms with Crippen molar-refractivity contribution in [3.8, 4) is 5.75 Å². The van der Waals surface area contributed by atoms with Crippen molar-refractivity contribution in [1.82, 2.24) is 0 Å². The second-order valence-electron chi connectivity index (χ2n) is 4.36. The van der Waals surface area contributed by atoms with Gasteiger partial charge in [-0.2, -0.15) is 0 Å². The van der Waals surface area contributed by atoms with Crippen LogP contribution in [0.3, 0.4) is 0 Å². The first kappa shape index (κ1) is 16.2. The fourth-order valence-electron chi connectivity index (χ4n) is 1.73. The van der Waals surface area contributed by atoms with Gasteiger partial charge in [0.2, 0.25) is 0 Å². The van der Waals surface area contributed by atoms with Crippen molar-refractivity contribution < 1.29 is 23.5 Å². The van der Waals surface area contributed by atoms with Crippen LogP contribution in [0.2, 0.25) is 0 Å². The minimum Gasteiger partial charge on any atom is -0.496 e. The zero-order valence-corrected chi connectivity index (χ0v) is 13.2. The van der Waals surface area contributed by atoms with Gasteiger partial charge in [-0.3, -0.25) is 4.79 Å². The van der Waals surface area contributed by atoms with Crippen molar-refractivity contribution in [3.05, 3.63) is 63.9 Å². The highest BCUT2D eigenvalue weighted by molar-refractivity contribution is 9.10. The van der Waals surface area contributed by atoms with Gasteiger partial charge < -0.3 is 9.47 Å². The molecule has 0 aliphatic carbocycles. The Balaban J connectivity index is 1.99. The Morgan fingerprint density at radius 3 is 2.32 bits per heavy atom. The molecule has 0 saturated carbocycles. The van der Waals surface area contributed by atoms with E-state index in [1.54, 1.807) is 12.1 Å². The number of carbonyl (C=O) groups excluding carboxylic acids is 2. The number of benzene rings is 2. The quantitative estimate of drug-likeness (QED) is 0.598. The zero-order valence-electron chi connectivity index (χ0n) is 11.6. The van der Waals surface area contributed by atoms with Gasteiger partial charge in [-0.25, -0.2) is 9.18 Å². The smallest absolute Gasteiger partial charge is 0.338 e. The molecule has 0 saturated heterocycles. The molecule has 0 amide bonds. The SMILES string of the molecule is COc1ccc(C(=O)OCC(=O)c2ccc(F)cc2)cc1Br. The molecule has 6 heteroatoms. The molecule has 2 aromatic carbocycles. The maximum Gasteiger partial charge on any atom is 0.338 e. The van der Waals surface area contributed by atoms with E-state index < -0.39 is 24.2 Å². The number of esters is 1. The summed E-state index contributed by atoms with van der Waals surface area (Å²) in [6.45, 7) is -0.409. The standard InChI is InChI=1S/C16H12BrFO4/c1-21-15-7-4-11(8-13(15)17)16(20)22-9-14(19)10-2-5-12(18)6-3-10/h2-8H,9H2,1H3. The first-order valence-corrected chi connectivity index (χ1v) is 7.10. The van der Waals surface area contributed by atoms with Gasteiger partial charge >= 0.3 is 5.97 Å². The van der Waals surface area contributed by atoms with Crippen LogP contribution in [0.5, 0.6) is 5.75 Å². The Morgan fingerprint density at radius 1 is 1.09 bits per heavy atom. The van der Waals surface area contributed by atoms with Gasteiger partial charge in [0.25, 0.3) is 0 Å². The molecule has 0 N–H and O–H groups in total. The van der Waals surface area contributed by atoms with Crippen LogP contribution in [-0.4, -0.2) is 25.5 Å². The van der Waals surface area contributed by atoms with E-state index in [1.807, 2.05) is 0 Å². The first-order valence-electron chi connectivity index (χ1n) is 6.30. The Kier molecular flexibility index (Phi) is 5.27. The summed E-state index contributed by atoms with van der Waals surface area (Å²) in [7, 11) is 1.51. The fourth-order valence-corrected chi connectivity index (χ4v) is 2.27. The summed E-state index contributed by atoms with van der Waals surface area (Å²) in [5.74, 6) is -0.879. The number of rotatable bonds is 5. The summed E-state index contributed by atoms with van der Waals surface area (Å²) >= 11 is 3.26. The number of ether oxygens (including phenoxy) is 2. The summed E-state index contributed by atoms with van der Waals surface area (Å²) in [6.07, 6.45) is 0. The van der Waals surface area contributed by atoms with Crippen molar-refractivity contribution in [1.29, 1.82) is 0 Å². The number of methoxy groups -OCH3 is 1. The van der Waals surface area contributed by atoms with Crippen LogP contribution < -0.4 is 4.74 Å². The van der Waals surface area contributed by atoms with Crippen molar-refractivity contribution in [2.45, 2.75) is 0 Å². The molecule has 0 bridgehead atoms. The summed E-state index contributed by atoms with van der Waals surface area (Å²) < 4.78 is 23.4. The Bertz CT molecular complexity index is 698. The average molecular weight is 367 g/mol. The fraction of sp³-hybridized carbons (Fsp3) is 0.125. The molecule has 22 heavy (non-hydrogen) atoms. The van der Waals surface area contributed by atoms with Gasteiger partial charge in [-0.1, -0.05) is 0 Å². The van der Waals surface area contributed by atoms with Gasteiger partial charge in [0.15, 0.2) is 12.4 Å². The molecule has 0 aliphatic rings. The minimum absolute atomic E-state index is 0.283. The predicted molar refractivity (Wildman–Crippen MR) is 81.7 cm³/mol. The lowest BCUT2D eigenvalue weighted by Gasteiger charge is -2.07. The normalized spacial score (nSPS) is 10.1. The summed E-state index contributed by atoms with van der Waals surface area (Å²) in [4.78, 5) is 23.7. The highest BCUT2D eigenvalue weighted by Crippen LogP contribution is 2.25. The third-order valence-electron chi connectivity index (χ3n) is 2.89. The lowest BCUT2D eigenvalue weighted by atomic mass is 10.1. The Labute approximate surface area is 135 Å². The van der Waals surface area contributed by atoms with E-state index in [1.165, 1.54) is 37.4 Å². The van der Waals surface area contributed by atoms with Crippen LogP contribution >= 0.6 is 15.9 Å². The molecule has 0 fully saturated rings. The van der Waals surface area contributed by atoms with Crippen LogP contribution in [0.15, 0.2) is 46.9 Å². The van der Waals surface area contributed by atoms with E-state index in [0.717, 1.165) is 0 Å². The zero-order chi connectivity index (χ0) is 16.1. The van der Waals surface area contributed by atoms with E-state index in [4.69, 9.17) is 9.47 Å². The third kappa shape index (κ3) is 3.92. The maximum absolute atomic E-state index is 12.8. The molecule has 0 atom stereocenters. The molecule has 0 radical (unpaired) electrons. The third-order valence-corrected chi connectivity index (χ3v) is 3.51. The number of hydrogen-bond acceptors (Lipinski definition) is 4. The Morgan fingerprint density at radius 2 is 1.73 bits per heavy atom. The molecular formula is C16H12BrFO4. The molecule has 0 aliphatic heterocycles. The van der Waals surface area contributed by atoms with Gasteiger partial charge in [0.1, 0.15) is 11.6 Å². The molecule has 2 rings (SSSR count). The van der Waals surface area contributed by atoms with Crippen molar-refractivity contribution in [2.75, 3.05) is 13.7 Å². The van der Waals surface area contributed by atoms with Crippen LogP contribution in [0.25, 0.3) is 0 Å². The summed E-state index contributed by atoms with van der Waals surface area (Å²) in [5, 5.41) is 0. The molecule has 0 aromatic heterocycles. The molecule has 0 heterocycles. The lowest BCUT2D eigenvalue weighted by molar-refractivity contribution is 0.0474. The predicted octanol–water partition coefficient (Wildman–Crippen LogP) is 3.64. The first-order chi connectivity index (χ1) is 10.5. The van der Waals surface area contributed by atoms with Gasteiger partial charge in [-0.15, -0.1) is 0 Å². The van der Waals surface area contributed by atoms with Crippen LogP contribution in [-0.2, 0) is 4.74 Å². The summed E-state index contributed by atoms with van der Waals surface area (Å²) in [5.41, 5.74) is 0.574. The number of Topliss-reactive ketones (excluding diaryl/α,β-unsaturated/α-hetero) is 1. The van der Waals surface area contributed by atoms with Crippen LogP contribution in [0.4, 0.5) is 4.39 Å². The highest BCUT2D eigenvalue weighted by Gasteiger charge is 2.13.